The van der Waals surface area contributed by atoms with Crippen molar-refractivity contribution in [3.8, 4) is 22.9 Å². The van der Waals surface area contributed by atoms with Crippen LogP contribution in [-0.4, -0.2) is 102 Å². The first kappa shape index (κ1) is 35.5. The van der Waals surface area contributed by atoms with Crippen LogP contribution in [0.4, 0.5) is 23.8 Å². The monoisotopic (exact) mass is 743 g/mol. The van der Waals surface area contributed by atoms with Crippen molar-refractivity contribution in [2.24, 2.45) is 0 Å². The number of fused-ring (bicyclic) bond motifs is 4. The van der Waals surface area contributed by atoms with Crippen molar-refractivity contribution in [1.82, 2.24) is 19.8 Å². The van der Waals surface area contributed by atoms with Crippen molar-refractivity contribution in [2.45, 2.75) is 101 Å². The Labute approximate surface area is 306 Å². The molecule has 4 aliphatic heterocycles. The highest BCUT2D eigenvalue weighted by Crippen LogP contribution is 2.51. The Balaban J connectivity index is 1.22. The van der Waals surface area contributed by atoms with E-state index < -0.39 is 28.9 Å². The number of carbonyl (C=O) groups is 1. The molecule has 4 saturated heterocycles. The van der Waals surface area contributed by atoms with Crippen LogP contribution in [0.15, 0.2) is 18.2 Å². The minimum atomic E-state index is -0.951. The maximum atomic E-state index is 17.2. The predicted molar refractivity (Wildman–Crippen MR) is 190 cm³/mol. The number of methoxy groups -OCH3 is 1. The minimum Gasteiger partial charge on any atom is -0.467 e. The molecular weight excluding hydrogens is 699 g/mol. The fraction of sp³-hybridized carbons (Fsp3) is 0.605. The van der Waals surface area contributed by atoms with E-state index in [4.69, 9.17) is 35.5 Å². The van der Waals surface area contributed by atoms with Crippen LogP contribution in [0.2, 0.25) is 5.02 Å². The first-order valence-corrected chi connectivity index (χ1v) is 18.7. The summed E-state index contributed by atoms with van der Waals surface area (Å²) < 4.78 is 71.1. The van der Waals surface area contributed by atoms with Crippen molar-refractivity contribution in [3.05, 3.63) is 40.4 Å². The number of benzene rings is 2. The average molecular weight is 744 g/mol. The van der Waals surface area contributed by atoms with Gasteiger partial charge in [-0.05, 0) is 101 Å². The molecule has 5 fully saturated rings. The number of carbonyl (C=O) groups excluding carboxylic acids is 1. The molecule has 8 rings (SSSR count). The second-order valence-electron chi connectivity index (χ2n) is 16.0. The van der Waals surface area contributed by atoms with Gasteiger partial charge in [-0.2, -0.15) is 9.97 Å². The maximum absolute atomic E-state index is 17.2. The summed E-state index contributed by atoms with van der Waals surface area (Å²) in [5, 5.41) is 0.547. The van der Waals surface area contributed by atoms with Gasteiger partial charge in [0.05, 0.1) is 23.2 Å². The molecule has 2 aromatic carbocycles. The molecule has 0 spiro atoms. The average Bonchev–Trinajstić information content (AvgIpc) is 3.68. The molecule has 5 aliphatic rings. The van der Waals surface area contributed by atoms with Crippen molar-refractivity contribution in [1.29, 1.82) is 0 Å². The molecule has 0 radical (unpaired) electrons. The van der Waals surface area contributed by atoms with Gasteiger partial charge in [0.15, 0.2) is 12.6 Å². The van der Waals surface area contributed by atoms with Gasteiger partial charge in [-0.25, -0.2) is 18.0 Å². The first-order chi connectivity index (χ1) is 24.8. The number of piperazine rings is 1. The van der Waals surface area contributed by atoms with Crippen molar-refractivity contribution < 1.29 is 36.9 Å². The molecule has 1 amide bonds. The zero-order valence-electron chi connectivity index (χ0n) is 30.0. The number of alkyl halides is 1. The normalized spacial score (nSPS) is 26.0. The number of hydrogen-bond donors (Lipinski definition) is 0. The van der Waals surface area contributed by atoms with E-state index in [-0.39, 0.29) is 60.0 Å². The molecule has 5 heterocycles. The molecule has 2 bridgehead atoms. The summed E-state index contributed by atoms with van der Waals surface area (Å²) in [6.07, 6.45) is 3.95. The number of amides is 1. The number of aromatic nitrogens is 2. The van der Waals surface area contributed by atoms with Crippen molar-refractivity contribution in [2.75, 3.05) is 51.6 Å². The van der Waals surface area contributed by atoms with E-state index in [0.717, 1.165) is 45.1 Å². The van der Waals surface area contributed by atoms with Gasteiger partial charge in [0, 0.05) is 43.6 Å². The predicted octanol–water partition coefficient (Wildman–Crippen LogP) is 7.63. The molecule has 10 nitrogen and oxygen atoms in total. The van der Waals surface area contributed by atoms with Crippen molar-refractivity contribution >= 4 is 34.4 Å². The largest absolute Gasteiger partial charge is 0.467 e. The van der Waals surface area contributed by atoms with E-state index in [9.17, 15) is 9.18 Å². The Bertz CT molecular complexity index is 1880. The van der Waals surface area contributed by atoms with Crippen LogP contribution in [0.5, 0.6) is 11.8 Å². The summed E-state index contributed by atoms with van der Waals surface area (Å²) in [5.41, 5.74) is -0.543. The number of anilines is 1. The summed E-state index contributed by atoms with van der Waals surface area (Å²) in [7, 11) is 1.48. The highest BCUT2D eigenvalue weighted by Gasteiger charge is 2.50. The zero-order chi connectivity index (χ0) is 36.5. The van der Waals surface area contributed by atoms with Crippen LogP contribution in [0.1, 0.15) is 77.2 Å². The Hall–Kier alpha value is -3.55. The van der Waals surface area contributed by atoms with Gasteiger partial charge >= 0.3 is 12.1 Å². The van der Waals surface area contributed by atoms with Gasteiger partial charge in [0.2, 0.25) is 0 Å². The molecule has 1 saturated carbocycles. The highest BCUT2D eigenvalue weighted by molar-refractivity contribution is 6.32. The van der Waals surface area contributed by atoms with E-state index in [2.05, 4.69) is 9.88 Å². The third-order valence-corrected chi connectivity index (χ3v) is 11.5. The maximum Gasteiger partial charge on any atom is 0.410 e. The highest BCUT2D eigenvalue weighted by atomic mass is 35.5. The van der Waals surface area contributed by atoms with E-state index in [1.54, 1.807) is 17.0 Å². The Morgan fingerprint density at radius 1 is 1.04 bits per heavy atom. The van der Waals surface area contributed by atoms with Gasteiger partial charge in [-0.1, -0.05) is 11.6 Å². The molecule has 280 valence electrons. The van der Waals surface area contributed by atoms with Crippen LogP contribution in [0, 0.1) is 11.6 Å². The number of ether oxygens (including phenoxy) is 4. The molecule has 14 heteroatoms. The lowest BCUT2D eigenvalue weighted by Gasteiger charge is -2.42. The Morgan fingerprint density at radius 3 is 2.48 bits per heavy atom. The molecule has 0 unspecified atom stereocenters. The lowest BCUT2D eigenvalue weighted by Crippen LogP contribution is -2.57. The SMILES string of the molecule is COCOc1cc(Cl)c(C2CC2)c(-c2c(F)cc3c(N4C[C@H]5CC[C@@H](C4)N5C(=O)OC(C)(C)C)nc(OC[C@@]45CCCN4C[C@H](F)C5)nc3c2F)c1. The second-order valence-corrected chi connectivity index (χ2v) is 16.4. The standard InChI is InChI=1S/C38H45ClF3N5O5/c1-37(2,3)52-36(48)47-23-8-9-24(47)18-45(17-23)34-27-14-29(41)31(26-12-25(51-20-49-4)13-28(39)30(26)21-6-7-21)32(42)33(27)43-35(44-34)50-19-38-10-5-11-46(38)16-22(40)15-38/h12-14,21-24H,5-11,15-20H2,1-4H3/t22-,23-,24+,38+/m1/s1. The van der Waals surface area contributed by atoms with Crippen LogP contribution < -0.4 is 14.4 Å². The number of nitrogens with zero attached hydrogens (tertiary/aromatic N) is 5. The topological polar surface area (TPSA) is 89.5 Å². The van der Waals surface area contributed by atoms with E-state index >= 15 is 8.78 Å². The van der Waals surface area contributed by atoms with E-state index in [0.29, 0.717) is 53.8 Å². The lowest BCUT2D eigenvalue weighted by molar-refractivity contribution is 0.0122. The van der Waals surface area contributed by atoms with Gasteiger partial charge in [0.1, 0.15) is 41.3 Å². The third-order valence-electron chi connectivity index (χ3n) is 11.2. The zero-order valence-corrected chi connectivity index (χ0v) is 30.8. The van der Waals surface area contributed by atoms with Gasteiger partial charge in [0.25, 0.3) is 0 Å². The van der Waals surface area contributed by atoms with E-state index in [1.807, 2.05) is 25.7 Å². The molecule has 0 N–H and O–H groups in total. The smallest absolute Gasteiger partial charge is 0.410 e. The molecule has 52 heavy (non-hydrogen) atoms. The minimum absolute atomic E-state index is 0.0597. The molecule has 3 aromatic rings. The molecule has 1 aromatic heterocycles. The second kappa shape index (κ2) is 13.4. The summed E-state index contributed by atoms with van der Waals surface area (Å²) >= 11 is 6.75. The quantitative estimate of drug-likeness (QED) is 0.205. The van der Waals surface area contributed by atoms with Crippen LogP contribution >= 0.6 is 11.6 Å². The molecule has 1 aliphatic carbocycles. The number of halogens is 4. The Kier molecular flexibility index (Phi) is 9.13. The van der Waals surface area contributed by atoms with Gasteiger partial charge in [-0.3, -0.25) is 9.80 Å². The van der Waals surface area contributed by atoms with E-state index in [1.165, 1.54) is 13.2 Å². The molecular formula is C38H45ClF3N5O5. The Morgan fingerprint density at radius 2 is 1.79 bits per heavy atom. The lowest BCUT2D eigenvalue weighted by atomic mass is 9.94. The molecule has 4 atom stereocenters. The van der Waals surface area contributed by atoms with Crippen LogP contribution in [0.25, 0.3) is 22.0 Å². The van der Waals surface area contributed by atoms with Crippen molar-refractivity contribution in [3.63, 3.8) is 0 Å². The number of hydrogen-bond acceptors (Lipinski definition) is 9. The van der Waals surface area contributed by atoms with Crippen LogP contribution in [0.3, 0.4) is 0 Å². The van der Waals surface area contributed by atoms with Crippen LogP contribution in [-0.2, 0) is 9.47 Å². The third kappa shape index (κ3) is 6.51. The summed E-state index contributed by atoms with van der Waals surface area (Å²) in [6.45, 7) is 7.50. The number of rotatable bonds is 9. The van der Waals surface area contributed by atoms with Gasteiger partial charge in [-0.15, -0.1) is 0 Å². The van der Waals surface area contributed by atoms with Gasteiger partial charge < -0.3 is 23.8 Å². The first-order valence-electron chi connectivity index (χ1n) is 18.3. The summed E-state index contributed by atoms with van der Waals surface area (Å²) in [6, 6.07) is 4.09. The fourth-order valence-electron chi connectivity index (χ4n) is 8.85. The summed E-state index contributed by atoms with van der Waals surface area (Å²) in [4.78, 5) is 28.5. The summed E-state index contributed by atoms with van der Waals surface area (Å²) in [5.74, 6) is -0.964. The fourth-order valence-corrected chi connectivity index (χ4v) is 9.21.